The van der Waals surface area contributed by atoms with Gasteiger partial charge in [-0.3, -0.25) is 9.20 Å². The summed E-state index contributed by atoms with van der Waals surface area (Å²) in [5.74, 6) is 4.75. The van der Waals surface area contributed by atoms with E-state index in [9.17, 15) is 9.59 Å². The van der Waals surface area contributed by atoms with E-state index >= 15 is 0 Å². The van der Waals surface area contributed by atoms with Crippen LogP contribution in [0.3, 0.4) is 0 Å². The monoisotopic (exact) mass is 644 g/mol. The summed E-state index contributed by atoms with van der Waals surface area (Å²) < 4.78 is 2.05. The largest absolute Gasteiger partial charge is 0.382 e. The number of hydrogen-bond acceptors (Lipinski definition) is 6. The Kier molecular flexibility index (Phi) is 7.16. The van der Waals surface area contributed by atoms with Crippen LogP contribution >= 0.6 is 0 Å². The molecule has 4 aliphatic carbocycles. The highest BCUT2D eigenvalue weighted by molar-refractivity contribution is 6.04. The van der Waals surface area contributed by atoms with Crippen molar-refractivity contribution in [2.45, 2.75) is 88.0 Å². The zero-order valence-electron chi connectivity index (χ0n) is 27.4. The van der Waals surface area contributed by atoms with Gasteiger partial charge < -0.3 is 21.3 Å². The number of likely N-dealkylation sites (tertiary alicyclic amines) is 1. The van der Waals surface area contributed by atoms with E-state index in [0.29, 0.717) is 29.7 Å². The lowest BCUT2D eigenvalue weighted by Gasteiger charge is -2.43. The standard InChI is InChI=1S/C38H44N8O2/c39-34-33-32(25-7-9-26(10-8-25)36(47)42-31-19-28(11-13-40-31)24-5-6-24)43-35(46(33)16-14-41-34)29-4-2-15-45(22-29)37(48)44-38-12-1-3-27-17-23(20-38)18-30(27)21-38/h7-11,13-14,16,19,23-24,27,29-30H,1-6,12,15,17-18,20-22H2,(H2,39,41)(H,44,48)(H,40,42,47). The molecular formula is C38H44N8O2. The molecule has 4 heterocycles. The Morgan fingerprint density at radius 1 is 0.917 bits per heavy atom. The van der Waals surface area contributed by atoms with Crippen molar-refractivity contribution in [3.63, 3.8) is 0 Å². The number of nitrogens with one attached hydrogen (secondary N) is 2. The Morgan fingerprint density at radius 2 is 1.77 bits per heavy atom. The Morgan fingerprint density at radius 3 is 2.62 bits per heavy atom. The topological polar surface area (TPSA) is 131 Å². The average Bonchev–Trinajstić information content (AvgIpc) is 3.83. The minimum absolute atomic E-state index is 0.0314. The maximum atomic E-state index is 13.9. The number of anilines is 2. The molecule has 5 fully saturated rings. The first kappa shape index (κ1) is 29.7. The van der Waals surface area contributed by atoms with Crippen molar-refractivity contribution >= 4 is 29.1 Å². The molecular weight excluding hydrogens is 600 g/mol. The van der Waals surface area contributed by atoms with Crippen LogP contribution in [-0.4, -0.2) is 54.8 Å². The van der Waals surface area contributed by atoms with Crippen LogP contribution in [-0.2, 0) is 0 Å². The van der Waals surface area contributed by atoms with Gasteiger partial charge in [-0.25, -0.2) is 19.7 Å². The van der Waals surface area contributed by atoms with Crippen molar-refractivity contribution in [2.24, 2.45) is 17.8 Å². The summed E-state index contributed by atoms with van der Waals surface area (Å²) in [5.41, 5.74) is 10.5. The molecule has 0 radical (unpaired) electrons. The molecule has 4 N–H and O–H groups in total. The minimum atomic E-state index is -0.205. The Hall–Kier alpha value is -4.47. The first-order valence-electron chi connectivity index (χ1n) is 18.0. The van der Waals surface area contributed by atoms with Gasteiger partial charge >= 0.3 is 6.03 Å². The number of pyridine rings is 1. The zero-order chi connectivity index (χ0) is 32.4. The smallest absolute Gasteiger partial charge is 0.317 e. The van der Waals surface area contributed by atoms with E-state index < -0.39 is 0 Å². The molecule has 9 rings (SSSR count). The summed E-state index contributed by atoms with van der Waals surface area (Å²) in [6, 6.07) is 11.5. The second-order valence-electron chi connectivity index (χ2n) is 15.3. The molecule has 3 aromatic heterocycles. The summed E-state index contributed by atoms with van der Waals surface area (Å²) in [6.07, 6.45) is 18.3. The van der Waals surface area contributed by atoms with Crippen molar-refractivity contribution in [1.82, 2.24) is 29.6 Å². The van der Waals surface area contributed by atoms with Gasteiger partial charge in [0.1, 0.15) is 28.7 Å². The highest BCUT2D eigenvalue weighted by Gasteiger charge is 2.50. The highest BCUT2D eigenvalue weighted by Crippen LogP contribution is 2.55. The van der Waals surface area contributed by atoms with E-state index in [1.165, 1.54) is 44.1 Å². The summed E-state index contributed by atoms with van der Waals surface area (Å²) >= 11 is 0. The summed E-state index contributed by atoms with van der Waals surface area (Å²) in [6.45, 7) is 1.38. The molecule has 1 aromatic carbocycles. The predicted molar refractivity (Wildman–Crippen MR) is 185 cm³/mol. The fourth-order valence-electron chi connectivity index (χ4n) is 9.73. The molecule has 4 saturated carbocycles. The third-order valence-electron chi connectivity index (χ3n) is 12.1. The number of carbonyl (C=O) groups is 2. The number of nitrogens with zero attached hydrogens (tertiary/aromatic N) is 5. The second-order valence-corrected chi connectivity index (χ2v) is 15.3. The van der Waals surface area contributed by atoms with Crippen LogP contribution in [0.1, 0.15) is 104 Å². The van der Waals surface area contributed by atoms with Crippen LogP contribution in [0.2, 0.25) is 0 Å². The Labute approximate surface area is 280 Å². The van der Waals surface area contributed by atoms with Crippen molar-refractivity contribution in [3.05, 3.63) is 71.9 Å². The third kappa shape index (κ3) is 5.39. The summed E-state index contributed by atoms with van der Waals surface area (Å²) in [7, 11) is 0. The number of nitrogen functional groups attached to an aromatic ring is 1. The Balaban J connectivity index is 0.940. The number of rotatable bonds is 6. The average molecular weight is 645 g/mol. The molecule has 248 valence electrons. The van der Waals surface area contributed by atoms with Gasteiger partial charge in [-0.1, -0.05) is 25.0 Å². The van der Waals surface area contributed by atoms with Crippen molar-refractivity contribution < 1.29 is 9.59 Å². The summed E-state index contributed by atoms with van der Waals surface area (Å²) in [5, 5.41) is 6.56. The third-order valence-corrected chi connectivity index (χ3v) is 12.1. The maximum Gasteiger partial charge on any atom is 0.317 e. The molecule has 0 spiro atoms. The molecule has 5 aliphatic rings. The fraction of sp³-hybridized carbons (Fsp3) is 0.500. The van der Waals surface area contributed by atoms with E-state index in [2.05, 4.69) is 20.6 Å². The van der Waals surface area contributed by atoms with E-state index in [0.717, 1.165) is 79.0 Å². The van der Waals surface area contributed by atoms with E-state index in [4.69, 9.17) is 10.7 Å². The van der Waals surface area contributed by atoms with Crippen molar-refractivity contribution in [3.8, 4) is 11.3 Å². The number of nitrogens with two attached hydrogens (primary N) is 1. The number of benzene rings is 1. The van der Waals surface area contributed by atoms with Crippen LogP contribution in [0, 0.1) is 17.8 Å². The Bertz CT molecular complexity index is 1880. The lowest BCUT2D eigenvalue weighted by molar-refractivity contribution is 0.102. The van der Waals surface area contributed by atoms with Gasteiger partial charge in [-0.15, -0.1) is 0 Å². The zero-order valence-corrected chi connectivity index (χ0v) is 27.4. The minimum Gasteiger partial charge on any atom is -0.382 e. The molecule has 3 amide bonds. The molecule has 10 nitrogen and oxygen atoms in total. The molecule has 48 heavy (non-hydrogen) atoms. The van der Waals surface area contributed by atoms with Gasteiger partial charge in [-0.05, 0) is 111 Å². The number of urea groups is 1. The molecule has 10 heteroatoms. The number of imidazole rings is 1. The van der Waals surface area contributed by atoms with Gasteiger partial charge in [0.25, 0.3) is 5.91 Å². The van der Waals surface area contributed by atoms with Gasteiger partial charge in [0.05, 0.1) is 0 Å². The quantitative estimate of drug-likeness (QED) is 0.213. The number of carbonyl (C=O) groups excluding carboxylic acids is 2. The van der Waals surface area contributed by atoms with E-state index in [1.54, 1.807) is 12.4 Å². The molecule has 3 bridgehead atoms. The number of piperidine rings is 1. The number of hydrogen-bond donors (Lipinski definition) is 3. The number of aromatic nitrogens is 4. The molecule has 1 aliphatic heterocycles. The van der Waals surface area contributed by atoms with Crippen LogP contribution in [0.15, 0.2) is 55.0 Å². The van der Waals surface area contributed by atoms with Gasteiger partial charge in [0.2, 0.25) is 0 Å². The van der Waals surface area contributed by atoms with Gasteiger partial charge in [0, 0.05) is 54.3 Å². The van der Waals surface area contributed by atoms with Gasteiger partial charge in [0.15, 0.2) is 0 Å². The van der Waals surface area contributed by atoms with E-state index in [1.807, 2.05) is 51.9 Å². The first-order valence-corrected chi connectivity index (χ1v) is 18.0. The van der Waals surface area contributed by atoms with Crippen LogP contribution in [0.5, 0.6) is 0 Å². The summed E-state index contributed by atoms with van der Waals surface area (Å²) in [4.78, 5) is 42.9. The maximum absolute atomic E-state index is 13.9. The van der Waals surface area contributed by atoms with Crippen molar-refractivity contribution in [2.75, 3.05) is 24.1 Å². The normalized spacial score (nSPS) is 28.0. The highest BCUT2D eigenvalue weighted by atomic mass is 16.2. The van der Waals surface area contributed by atoms with Crippen LogP contribution < -0.4 is 16.4 Å². The van der Waals surface area contributed by atoms with Gasteiger partial charge in [-0.2, -0.15) is 0 Å². The molecule has 1 saturated heterocycles. The molecule has 4 aromatic rings. The molecule has 5 unspecified atom stereocenters. The molecule has 5 atom stereocenters. The number of fused-ring (bicyclic) bond motifs is 3. The lowest BCUT2D eigenvalue weighted by Crippen LogP contribution is -2.56. The van der Waals surface area contributed by atoms with Crippen LogP contribution in [0.4, 0.5) is 16.4 Å². The first-order chi connectivity index (χ1) is 23.4. The van der Waals surface area contributed by atoms with Crippen molar-refractivity contribution in [1.29, 1.82) is 0 Å². The fourth-order valence-corrected chi connectivity index (χ4v) is 9.73. The number of amides is 3. The second kappa shape index (κ2) is 11.6. The van der Waals surface area contributed by atoms with E-state index in [-0.39, 0.29) is 23.4 Å². The lowest BCUT2D eigenvalue weighted by atomic mass is 9.73. The SMILES string of the molecule is Nc1nccn2c(C3CCCN(C(=O)NC45CCCC6CC(CC6C4)C5)C3)nc(-c3ccc(C(=O)Nc4cc(C5CC5)ccn4)cc3)c12. The predicted octanol–water partition coefficient (Wildman–Crippen LogP) is 6.75. The van der Waals surface area contributed by atoms with Crippen LogP contribution in [0.25, 0.3) is 16.8 Å².